The van der Waals surface area contributed by atoms with Crippen molar-refractivity contribution in [3.8, 4) is 5.75 Å². The summed E-state index contributed by atoms with van der Waals surface area (Å²) in [5, 5.41) is 0. The standard InChI is InChI=1S/C13H10BrF2NO3S/c1-20-8-2-4-10(14)13(6-8)17-21(18,19)9-3-5-11(15)12(16)7-9/h2-7,17H,1H3. The first-order valence-corrected chi connectivity index (χ1v) is 7.92. The number of hydrogen-bond donors (Lipinski definition) is 1. The molecule has 0 aliphatic rings. The number of halogens is 3. The van der Waals surface area contributed by atoms with Crippen LogP contribution in [0, 0.1) is 11.6 Å². The third-order valence-electron chi connectivity index (χ3n) is 2.62. The van der Waals surface area contributed by atoms with Crippen molar-refractivity contribution in [3.63, 3.8) is 0 Å². The van der Waals surface area contributed by atoms with Crippen LogP contribution in [0.1, 0.15) is 0 Å². The van der Waals surface area contributed by atoms with Crippen LogP contribution in [0.4, 0.5) is 14.5 Å². The highest BCUT2D eigenvalue weighted by Crippen LogP contribution is 2.29. The molecule has 0 radical (unpaired) electrons. The molecule has 0 aromatic heterocycles. The Labute approximate surface area is 128 Å². The molecule has 0 heterocycles. The normalized spacial score (nSPS) is 11.2. The van der Waals surface area contributed by atoms with Gasteiger partial charge in [0.15, 0.2) is 11.6 Å². The van der Waals surface area contributed by atoms with Crippen LogP contribution in [0.5, 0.6) is 5.75 Å². The van der Waals surface area contributed by atoms with Gasteiger partial charge >= 0.3 is 0 Å². The predicted octanol–water partition coefficient (Wildman–Crippen LogP) is 3.54. The van der Waals surface area contributed by atoms with Gasteiger partial charge in [0.2, 0.25) is 0 Å². The molecule has 2 aromatic carbocycles. The molecular weight excluding hydrogens is 368 g/mol. The third-order valence-corrected chi connectivity index (χ3v) is 4.67. The summed E-state index contributed by atoms with van der Waals surface area (Å²) >= 11 is 3.19. The molecule has 0 spiro atoms. The van der Waals surface area contributed by atoms with Gasteiger partial charge < -0.3 is 4.74 Å². The van der Waals surface area contributed by atoms with Crippen LogP contribution in [0.15, 0.2) is 45.8 Å². The highest BCUT2D eigenvalue weighted by Gasteiger charge is 2.18. The van der Waals surface area contributed by atoms with Gasteiger partial charge in [0.1, 0.15) is 5.75 Å². The molecule has 0 aliphatic heterocycles. The largest absolute Gasteiger partial charge is 0.497 e. The topological polar surface area (TPSA) is 55.4 Å². The Morgan fingerprint density at radius 1 is 1.10 bits per heavy atom. The molecule has 0 saturated carbocycles. The maximum Gasteiger partial charge on any atom is 0.262 e. The van der Waals surface area contributed by atoms with E-state index >= 15 is 0 Å². The van der Waals surface area contributed by atoms with Crippen molar-refractivity contribution >= 4 is 31.6 Å². The molecule has 0 amide bonds. The third kappa shape index (κ3) is 3.51. The van der Waals surface area contributed by atoms with Gasteiger partial charge in [-0.3, -0.25) is 4.72 Å². The maximum absolute atomic E-state index is 13.1. The van der Waals surface area contributed by atoms with Gasteiger partial charge in [-0.25, -0.2) is 17.2 Å². The van der Waals surface area contributed by atoms with Crippen LogP contribution in [-0.2, 0) is 10.0 Å². The van der Waals surface area contributed by atoms with E-state index < -0.39 is 21.7 Å². The van der Waals surface area contributed by atoms with E-state index in [0.29, 0.717) is 16.3 Å². The molecule has 4 nitrogen and oxygen atoms in total. The van der Waals surface area contributed by atoms with Gasteiger partial charge in [-0.1, -0.05) is 0 Å². The average molecular weight is 378 g/mol. The zero-order chi connectivity index (χ0) is 15.6. The monoisotopic (exact) mass is 377 g/mol. The lowest BCUT2D eigenvalue weighted by molar-refractivity contribution is 0.415. The molecule has 21 heavy (non-hydrogen) atoms. The summed E-state index contributed by atoms with van der Waals surface area (Å²) in [5.74, 6) is -1.90. The summed E-state index contributed by atoms with van der Waals surface area (Å²) in [4.78, 5) is -0.379. The Morgan fingerprint density at radius 3 is 2.43 bits per heavy atom. The van der Waals surface area contributed by atoms with E-state index in [2.05, 4.69) is 20.7 Å². The molecule has 2 aromatic rings. The van der Waals surface area contributed by atoms with Crippen LogP contribution < -0.4 is 9.46 Å². The number of hydrogen-bond acceptors (Lipinski definition) is 3. The van der Waals surface area contributed by atoms with Gasteiger partial charge in [-0.2, -0.15) is 0 Å². The van der Waals surface area contributed by atoms with Crippen LogP contribution in [0.2, 0.25) is 0 Å². The Hall–Kier alpha value is -1.67. The predicted molar refractivity (Wildman–Crippen MR) is 77.9 cm³/mol. The van der Waals surface area contributed by atoms with Crippen molar-refractivity contribution in [1.82, 2.24) is 0 Å². The number of nitrogens with one attached hydrogen (secondary N) is 1. The van der Waals surface area contributed by atoms with Crippen molar-refractivity contribution in [2.24, 2.45) is 0 Å². The molecule has 0 atom stereocenters. The van der Waals surface area contributed by atoms with Gasteiger partial charge in [0, 0.05) is 10.5 Å². The number of methoxy groups -OCH3 is 1. The molecule has 0 bridgehead atoms. The molecule has 112 valence electrons. The first-order chi connectivity index (χ1) is 9.83. The minimum absolute atomic E-state index is 0.221. The SMILES string of the molecule is COc1ccc(Br)c(NS(=O)(=O)c2ccc(F)c(F)c2)c1. The Bertz CT molecular complexity index is 781. The molecule has 0 saturated heterocycles. The van der Waals surface area contributed by atoms with Crippen LogP contribution in [-0.4, -0.2) is 15.5 Å². The fourth-order valence-electron chi connectivity index (χ4n) is 1.56. The Morgan fingerprint density at radius 2 is 1.81 bits per heavy atom. The highest BCUT2D eigenvalue weighted by atomic mass is 79.9. The Kier molecular flexibility index (Phi) is 4.48. The van der Waals surface area contributed by atoms with Crippen LogP contribution in [0.3, 0.4) is 0 Å². The number of anilines is 1. The summed E-state index contributed by atoms with van der Waals surface area (Å²) in [5.41, 5.74) is 0.221. The van der Waals surface area contributed by atoms with Crippen molar-refractivity contribution in [3.05, 3.63) is 52.5 Å². The number of rotatable bonds is 4. The average Bonchev–Trinajstić information content (AvgIpc) is 2.44. The quantitative estimate of drug-likeness (QED) is 0.886. The zero-order valence-electron chi connectivity index (χ0n) is 10.7. The fourth-order valence-corrected chi connectivity index (χ4v) is 3.12. The van der Waals surface area contributed by atoms with Crippen molar-refractivity contribution in [1.29, 1.82) is 0 Å². The summed E-state index contributed by atoms with van der Waals surface area (Å²) in [7, 11) is -2.60. The molecule has 0 aliphatic carbocycles. The van der Waals surface area contributed by atoms with E-state index in [1.807, 2.05) is 0 Å². The second-order valence-electron chi connectivity index (χ2n) is 4.03. The lowest BCUT2D eigenvalue weighted by atomic mass is 10.3. The number of sulfonamides is 1. The second-order valence-corrected chi connectivity index (χ2v) is 6.56. The summed E-state index contributed by atoms with van der Waals surface area (Å²) < 4.78 is 58.1. The lowest BCUT2D eigenvalue weighted by Crippen LogP contribution is -2.14. The highest BCUT2D eigenvalue weighted by molar-refractivity contribution is 9.10. The molecule has 0 fully saturated rings. The van der Waals surface area contributed by atoms with E-state index in [4.69, 9.17) is 4.74 Å². The van der Waals surface area contributed by atoms with Gasteiger partial charge in [0.25, 0.3) is 10.0 Å². The first-order valence-electron chi connectivity index (χ1n) is 5.65. The van der Waals surface area contributed by atoms with Crippen molar-refractivity contribution in [2.45, 2.75) is 4.90 Å². The minimum atomic E-state index is -4.04. The van der Waals surface area contributed by atoms with Gasteiger partial charge in [0.05, 0.1) is 17.7 Å². The number of benzene rings is 2. The smallest absolute Gasteiger partial charge is 0.262 e. The van der Waals surface area contributed by atoms with Crippen molar-refractivity contribution in [2.75, 3.05) is 11.8 Å². The van der Waals surface area contributed by atoms with Crippen LogP contribution >= 0.6 is 15.9 Å². The van der Waals surface area contributed by atoms with Gasteiger partial charge in [-0.05, 0) is 46.3 Å². The van der Waals surface area contributed by atoms with Crippen LogP contribution in [0.25, 0.3) is 0 Å². The van der Waals surface area contributed by atoms with E-state index in [9.17, 15) is 17.2 Å². The Balaban J connectivity index is 2.39. The molecule has 0 unspecified atom stereocenters. The van der Waals surface area contributed by atoms with Gasteiger partial charge in [-0.15, -0.1) is 0 Å². The molecular formula is C13H10BrF2NO3S. The summed E-state index contributed by atoms with van der Waals surface area (Å²) in [6, 6.07) is 7.05. The fraction of sp³-hybridized carbons (Fsp3) is 0.0769. The van der Waals surface area contributed by atoms with Crippen molar-refractivity contribution < 1.29 is 21.9 Å². The summed E-state index contributed by atoms with van der Waals surface area (Å²) in [6.45, 7) is 0. The number of ether oxygens (including phenoxy) is 1. The first kappa shape index (κ1) is 15.7. The minimum Gasteiger partial charge on any atom is -0.497 e. The maximum atomic E-state index is 13.1. The molecule has 8 heteroatoms. The molecule has 2 rings (SSSR count). The van der Waals surface area contributed by atoms with E-state index in [0.717, 1.165) is 12.1 Å². The zero-order valence-corrected chi connectivity index (χ0v) is 13.1. The summed E-state index contributed by atoms with van der Waals surface area (Å²) in [6.07, 6.45) is 0. The second kappa shape index (κ2) is 5.98. The molecule has 1 N–H and O–H groups in total. The van der Waals surface area contributed by atoms with E-state index in [1.165, 1.54) is 13.2 Å². The van der Waals surface area contributed by atoms with E-state index in [-0.39, 0.29) is 10.6 Å². The lowest BCUT2D eigenvalue weighted by Gasteiger charge is -2.11. The van der Waals surface area contributed by atoms with E-state index in [1.54, 1.807) is 12.1 Å².